The quantitative estimate of drug-likeness (QED) is 0.770. The zero-order valence-corrected chi connectivity index (χ0v) is 13.2. The largest absolute Gasteiger partial charge is 0.393 e. The predicted octanol–water partition coefficient (Wildman–Crippen LogP) is 1.47. The zero-order valence-electron chi connectivity index (χ0n) is 13.2. The van der Waals surface area contributed by atoms with Gasteiger partial charge in [0, 0.05) is 24.1 Å². The number of hydrogen-bond donors (Lipinski definition) is 3. The van der Waals surface area contributed by atoms with Crippen LogP contribution >= 0.6 is 0 Å². The molecule has 0 bridgehead atoms. The minimum absolute atomic E-state index is 0.0259. The van der Waals surface area contributed by atoms with Crippen LogP contribution in [0.25, 0.3) is 0 Å². The van der Waals surface area contributed by atoms with Crippen LogP contribution in [0.1, 0.15) is 42.5 Å². The number of carbonyl (C=O) groups is 2. The molecule has 124 valence electrons. The summed E-state index contributed by atoms with van der Waals surface area (Å²) in [6, 6.07) is 9.31. The topological polar surface area (TPSA) is 78.4 Å². The average Bonchev–Trinajstić information content (AvgIpc) is 3.35. The number of nitrogens with one attached hydrogen (secondary N) is 2. The van der Waals surface area contributed by atoms with Crippen LogP contribution in [0.4, 0.5) is 0 Å². The Balaban J connectivity index is 1.38. The summed E-state index contributed by atoms with van der Waals surface area (Å²) >= 11 is 0. The minimum Gasteiger partial charge on any atom is -0.393 e. The van der Waals surface area contributed by atoms with E-state index in [2.05, 4.69) is 10.6 Å². The van der Waals surface area contributed by atoms with Gasteiger partial charge in [-0.05, 0) is 50.2 Å². The van der Waals surface area contributed by atoms with Crippen molar-refractivity contribution in [2.75, 3.05) is 6.54 Å². The first-order valence-corrected chi connectivity index (χ1v) is 8.45. The van der Waals surface area contributed by atoms with Gasteiger partial charge in [0.2, 0.25) is 5.91 Å². The first-order chi connectivity index (χ1) is 11.1. The van der Waals surface area contributed by atoms with E-state index in [-0.39, 0.29) is 35.8 Å². The van der Waals surface area contributed by atoms with E-state index in [1.54, 1.807) is 12.1 Å². The fourth-order valence-corrected chi connectivity index (χ4v) is 3.24. The molecular formula is C18H24N2O3. The third-order valence-electron chi connectivity index (χ3n) is 4.86. The van der Waals surface area contributed by atoms with E-state index in [4.69, 9.17) is 0 Å². The van der Waals surface area contributed by atoms with Crippen molar-refractivity contribution in [3.05, 3.63) is 35.9 Å². The molecule has 0 aromatic heterocycles. The molecular weight excluding hydrogens is 292 g/mol. The van der Waals surface area contributed by atoms with E-state index >= 15 is 0 Å². The molecule has 2 saturated carbocycles. The molecule has 2 atom stereocenters. The average molecular weight is 316 g/mol. The molecule has 0 saturated heterocycles. The molecule has 3 N–H and O–H groups in total. The standard InChI is InChI=1S/C18H24N2O3/c21-15-8-6-14(7-9-15)20-18(23)16-10-13(16)11-19-17(22)12-4-2-1-3-5-12/h1-5,13-16,21H,6-11H2,(H,19,22)(H,20,23). The monoisotopic (exact) mass is 316 g/mol. The highest BCUT2D eigenvalue weighted by molar-refractivity contribution is 5.94. The van der Waals surface area contributed by atoms with E-state index in [9.17, 15) is 14.7 Å². The summed E-state index contributed by atoms with van der Waals surface area (Å²) in [5, 5.41) is 15.5. The molecule has 1 aromatic carbocycles. The third-order valence-corrected chi connectivity index (χ3v) is 4.86. The Morgan fingerprint density at radius 3 is 2.48 bits per heavy atom. The number of aliphatic hydroxyl groups excluding tert-OH is 1. The van der Waals surface area contributed by atoms with E-state index in [0.29, 0.717) is 12.1 Å². The molecule has 3 rings (SSSR count). The Hall–Kier alpha value is -1.88. The van der Waals surface area contributed by atoms with Crippen LogP contribution in [-0.4, -0.2) is 35.6 Å². The zero-order chi connectivity index (χ0) is 16.2. The highest BCUT2D eigenvalue weighted by Crippen LogP contribution is 2.38. The lowest BCUT2D eigenvalue weighted by atomic mass is 9.93. The molecule has 5 nitrogen and oxygen atoms in total. The first-order valence-electron chi connectivity index (χ1n) is 8.45. The Morgan fingerprint density at radius 2 is 1.78 bits per heavy atom. The van der Waals surface area contributed by atoms with Crippen molar-refractivity contribution in [3.63, 3.8) is 0 Å². The molecule has 2 aliphatic rings. The predicted molar refractivity (Wildman–Crippen MR) is 86.8 cm³/mol. The second-order valence-corrected chi connectivity index (χ2v) is 6.69. The van der Waals surface area contributed by atoms with Gasteiger partial charge < -0.3 is 15.7 Å². The lowest BCUT2D eigenvalue weighted by Crippen LogP contribution is -2.40. The lowest BCUT2D eigenvalue weighted by Gasteiger charge is -2.26. The van der Waals surface area contributed by atoms with Crippen molar-refractivity contribution >= 4 is 11.8 Å². The van der Waals surface area contributed by atoms with Gasteiger partial charge in [-0.15, -0.1) is 0 Å². The molecule has 23 heavy (non-hydrogen) atoms. The first kappa shape index (κ1) is 16.0. The second kappa shape index (κ2) is 7.13. The molecule has 0 heterocycles. The highest BCUT2D eigenvalue weighted by Gasteiger charge is 2.43. The molecule has 5 heteroatoms. The van der Waals surface area contributed by atoms with Crippen LogP contribution < -0.4 is 10.6 Å². The number of carbonyl (C=O) groups excluding carboxylic acids is 2. The molecule has 0 spiro atoms. The van der Waals surface area contributed by atoms with Gasteiger partial charge in [0.25, 0.3) is 5.91 Å². The Bertz CT molecular complexity index is 553. The summed E-state index contributed by atoms with van der Waals surface area (Å²) in [6.45, 7) is 0.551. The van der Waals surface area contributed by atoms with Crippen LogP contribution in [0.15, 0.2) is 30.3 Å². The Kier molecular flexibility index (Phi) is 4.96. The second-order valence-electron chi connectivity index (χ2n) is 6.69. The number of hydrogen-bond acceptors (Lipinski definition) is 3. The van der Waals surface area contributed by atoms with Gasteiger partial charge in [-0.1, -0.05) is 18.2 Å². The number of amides is 2. The van der Waals surface area contributed by atoms with Crippen molar-refractivity contribution in [2.45, 2.75) is 44.2 Å². The molecule has 2 fully saturated rings. The maximum atomic E-state index is 12.2. The van der Waals surface area contributed by atoms with E-state index in [1.165, 1.54) is 0 Å². The smallest absolute Gasteiger partial charge is 0.251 e. The normalized spacial score (nSPS) is 29.6. The van der Waals surface area contributed by atoms with Gasteiger partial charge >= 0.3 is 0 Å². The van der Waals surface area contributed by atoms with Crippen LogP contribution in [0.5, 0.6) is 0 Å². The number of benzene rings is 1. The fraction of sp³-hybridized carbons (Fsp3) is 0.556. The molecule has 2 aliphatic carbocycles. The number of rotatable bonds is 5. The number of aliphatic hydroxyl groups is 1. The summed E-state index contributed by atoms with van der Waals surface area (Å²) in [4.78, 5) is 24.2. The molecule has 2 unspecified atom stereocenters. The Morgan fingerprint density at radius 1 is 1.09 bits per heavy atom. The Labute approximate surface area is 136 Å². The van der Waals surface area contributed by atoms with Crippen molar-refractivity contribution in [1.82, 2.24) is 10.6 Å². The van der Waals surface area contributed by atoms with Gasteiger partial charge in [-0.25, -0.2) is 0 Å². The molecule has 0 radical (unpaired) electrons. The van der Waals surface area contributed by atoms with Gasteiger partial charge in [-0.2, -0.15) is 0 Å². The lowest BCUT2D eigenvalue weighted by molar-refractivity contribution is -0.123. The van der Waals surface area contributed by atoms with Gasteiger partial charge in [0.05, 0.1) is 6.10 Å². The SMILES string of the molecule is O=C(NCC1CC1C(=O)NC1CCC(O)CC1)c1ccccc1. The third kappa shape index (κ3) is 4.32. The minimum atomic E-state index is -0.204. The summed E-state index contributed by atoms with van der Waals surface area (Å²) in [5.41, 5.74) is 0.648. The van der Waals surface area contributed by atoms with Gasteiger partial charge in [0.1, 0.15) is 0 Å². The van der Waals surface area contributed by atoms with Gasteiger partial charge in [-0.3, -0.25) is 9.59 Å². The van der Waals surface area contributed by atoms with Gasteiger partial charge in [0.15, 0.2) is 0 Å². The van der Waals surface area contributed by atoms with E-state index in [0.717, 1.165) is 32.1 Å². The molecule has 0 aliphatic heterocycles. The summed E-state index contributed by atoms with van der Waals surface area (Å²) < 4.78 is 0. The van der Waals surface area contributed by atoms with Crippen molar-refractivity contribution in [2.24, 2.45) is 11.8 Å². The van der Waals surface area contributed by atoms with Crippen LogP contribution in [-0.2, 0) is 4.79 Å². The summed E-state index contributed by atoms with van der Waals surface area (Å²) in [6.07, 6.45) is 3.89. The molecule has 1 aromatic rings. The maximum Gasteiger partial charge on any atom is 0.251 e. The van der Waals surface area contributed by atoms with Crippen molar-refractivity contribution in [1.29, 1.82) is 0 Å². The molecule has 2 amide bonds. The highest BCUT2D eigenvalue weighted by atomic mass is 16.3. The maximum absolute atomic E-state index is 12.2. The van der Waals surface area contributed by atoms with Crippen LogP contribution in [0.3, 0.4) is 0 Å². The van der Waals surface area contributed by atoms with Crippen LogP contribution in [0, 0.1) is 11.8 Å². The van der Waals surface area contributed by atoms with E-state index in [1.807, 2.05) is 18.2 Å². The van der Waals surface area contributed by atoms with Crippen molar-refractivity contribution in [3.8, 4) is 0 Å². The van der Waals surface area contributed by atoms with Crippen molar-refractivity contribution < 1.29 is 14.7 Å². The van der Waals surface area contributed by atoms with E-state index < -0.39 is 0 Å². The summed E-state index contributed by atoms with van der Waals surface area (Å²) in [7, 11) is 0. The van der Waals surface area contributed by atoms with Crippen LogP contribution in [0.2, 0.25) is 0 Å². The fourth-order valence-electron chi connectivity index (χ4n) is 3.24. The summed E-state index contributed by atoms with van der Waals surface area (Å²) in [5.74, 6) is 0.290.